The predicted octanol–water partition coefficient (Wildman–Crippen LogP) is 3.23. The second-order valence-electron chi connectivity index (χ2n) is 8.38. The molecule has 0 radical (unpaired) electrons. The Morgan fingerprint density at radius 2 is 1.67 bits per heavy atom. The van der Waals surface area contributed by atoms with Crippen molar-refractivity contribution in [3.05, 3.63) is 78.8 Å². The van der Waals surface area contributed by atoms with Gasteiger partial charge in [0.1, 0.15) is 11.6 Å². The van der Waals surface area contributed by atoms with Gasteiger partial charge in [0.25, 0.3) is 0 Å². The molecule has 1 aliphatic heterocycles. The maximum Gasteiger partial charge on any atom is 0.243 e. The van der Waals surface area contributed by atoms with Gasteiger partial charge in [-0.15, -0.1) is 0 Å². The summed E-state index contributed by atoms with van der Waals surface area (Å²) < 4.78 is 34.9. The quantitative estimate of drug-likeness (QED) is 0.408. The monoisotopic (exact) mass is 505 g/mol. The Labute approximate surface area is 210 Å². The molecule has 1 fully saturated rings. The summed E-state index contributed by atoms with van der Waals surface area (Å²) in [6, 6.07) is 18.1. The molecular weight excluding hydrogens is 478 g/mol. The molecule has 5 rings (SSSR count). The van der Waals surface area contributed by atoms with E-state index in [1.807, 2.05) is 54.4 Å². The molecule has 0 aliphatic carbocycles. The molecule has 1 saturated heterocycles. The van der Waals surface area contributed by atoms with Crippen molar-refractivity contribution >= 4 is 27.5 Å². The largest absolute Gasteiger partial charge is 0.497 e. The maximum absolute atomic E-state index is 13.2. The lowest BCUT2D eigenvalue weighted by Gasteiger charge is -2.34. The highest BCUT2D eigenvalue weighted by molar-refractivity contribution is 7.89. The van der Waals surface area contributed by atoms with E-state index in [2.05, 4.69) is 20.4 Å². The first-order valence-electron chi connectivity index (χ1n) is 11.5. The van der Waals surface area contributed by atoms with Gasteiger partial charge in [0.2, 0.25) is 16.0 Å². The third-order valence-electron chi connectivity index (χ3n) is 5.97. The fraction of sp³-hybridized carbons (Fsp3) is 0.240. The fourth-order valence-corrected chi connectivity index (χ4v) is 5.47. The third-order valence-corrected chi connectivity index (χ3v) is 7.88. The Hall–Kier alpha value is -3.96. The number of aromatic nitrogens is 4. The van der Waals surface area contributed by atoms with E-state index in [0.717, 1.165) is 22.8 Å². The minimum Gasteiger partial charge on any atom is -0.497 e. The van der Waals surface area contributed by atoms with Gasteiger partial charge in [0.05, 0.1) is 17.7 Å². The van der Waals surface area contributed by atoms with Crippen molar-refractivity contribution in [2.45, 2.75) is 11.8 Å². The van der Waals surface area contributed by atoms with Crippen LogP contribution in [0, 0.1) is 6.92 Å². The Kier molecular flexibility index (Phi) is 6.57. The first kappa shape index (κ1) is 23.8. The van der Waals surface area contributed by atoms with Gasteiger partial charge in [-0.2, -0.15) is 14.4 Å². The van der Waals surface area contributed by atoms with Crippen molar-refractivity contribution < 1.29 is 13.2 Å². The van der Waals surface area contributed by atoms with E-state index in [-0.39, 0.29) is 4.90 Å². The Morgan fingerprint density at radius 3 is 2.31 bits per heavy atom. The predicted molar refractivity (Wildman–Crippen MR) is 138 cm³/mol. The Balaban J connectivity index is 1.26. The lowest BCUT2D eigenvalue weighted by atomic mass is 10.3. The number of aryl methyl sites for hydroxylation is 1. The van der Waals surface area contributed by atoms with Crippen molar-refractivity contribution in [1.82, 2.24) is 24.1 Å². The molecule has 3 heterocycles. The lowest BCUT2D eigenvalue weighted by molar-refractivity contribution is 0.382. The van der Waals surface area contributed by atoms with Gasteiger partial charge in [-0.1, -0.05) is 0 Å². The van der Waals surface area contributed by atoms with Crippen LogP contribution in [0.2, 0.25) is 0 Å². The molecule has 36 heavy (non-hydrogen) atoms. The normalized spacial score (nSPS) is 14.6. The summed E-state index contributed by atoms with van der Waals surface area (Å²) in [6.07, 6.45) is 3.49. The van der Waals surface area contributed by atoms with Crippen molar-refractivity contribution in [2.24, 2.45) is 0 Å². The molecule has 2 aromatic carbocycles. The van der Waals surface area contributed by atoms with Gasteiger partial charge in [-0.25, -0.2) is 18.1 Å². The highest BCUT2D eigenvalue weighted by Gasteiger charge is 2.29. The third kappa shape index (κ3) is 5.02. The van der Waals surface area contributed by atoms with E-state index in [1.165, 1.54) is 4.31 Å². The number of benzene rings is 2. The summed E-state index contributed by atoms with van der Waals surface area (Å²) in [7, 11) is -1.97. The molecule has 0 amide bonds. The van der Waals surface area contributed by atoms with Crippen LogP contribution in [0.5, 0.6) is 5.75 Å². The average Bonchev–Trinajstić information content (AvgIpc) is 3.44. The first-order chi connectivity index (χ1) is 17.4. The van der Waals surface area contributed by atoms with Crippen LogP contribution in [-0.2, 0) is 10.0 Å². The summed E-state index contributed by atoms with van der Waals surface area (Å²) in [5, 5.41) is 7.48. The van der Waals surface area contributed by atoms with Crippen LogP contribution < -0.4 is 15.0 Å². The lowest BCUT2D eigenvalue weighted by Crippen LogP contribution is -2.49. The molecule has 2 aromatic heterocycles. The molecule has 11 heteroatoms. The summed E-state index contributed by atoms with van der Waals surface area (Å²) in [4.78, 5) is 11.5. The van der Waals surface area contributed by atoms with Crippen molar-refractivity contribution in [3.8, 4) is 11.4 Å². The van der Waals surface area contributed by atoms with Crippen LogP contribution in [0.3, 0.4) is 0 Å². The minimum absolute atomic E-state index is 0.268. The topological polar surface area (TPSA) is 105 Å². The van der Waals surface area contributed by atoms with Crippen LogP contribution in [-0.4, -0.2) is 65.8 Å². The Morgan fingerprint density at radius 1 is 0.944 bits per heavy atom. The zero-order chi connectivity index (χ0) is 25.1. The van der Waals surface area contributed by atoms with Gasteiger partial charge < -0.3 is 15.0 Å². The zero-order valence-corrected chi connectivity index (χ0v) is 20.9. The van der Waals surface area contributed by atoms with Crippen molar-refractivity contribution in [1.29, 1.82) is 0 Å². The van der Waals surface area contributed by atoms with E-state index >= 15 is 0 Å². The molecule has 0 bridgehead atoms. The van der Waals surface area contributed by atoms with Gasteiger partial charge in [-0.3, -0.25) is 0 Å². The molecule has 4 aromatic rings. The number of piperazine rings is 1. The number of sulfonamides is 1. The van der Waals surface area contributed by atoms with Crippen LogP contribution in [0.25, 0.3) is 5.69 Å². The van der Waals surface area contributed by atoms with E-state index in [4.69, 9.17) is 4.74 Å². The SMILES string of the molecule is COc1ccc(Nc2cc(C)nc(N3CCN(S(=O)(=O)c4ccc(-n5cccn5)cc4)CC3)n2)cc1. The van der Waals surface area contributed by atoms with E-state index in [0.29, 0.717) is 37.9 Å². The number of methoxy groups -OCH3 is 1. The number of hydrogen-bond acceptors (Lipinski definition) is 8. The number of nitrogens with zero attached hydrogens (tertiary/aromatic N) is 6. The number of rotatable bonds is 7. The average molecular weight is 506 g/mol. The standard InChI is InChI=1S/C25H27N7O3S/c1-19-18-24(28-20-4-8-22(35-2)9-5-20)29-25(27-19)30-14-16-31(17-15-30)36(33,34)23-10-6-21(7-11-23)32-13-3-12-26-32/h3-13,18H,14-17H2,1-2H3,(H,27,28,29). The summed E-state index contributed by atoms with van der Waals surface area (Å²) in [5.74, 6) is 2.03. The van der Waals surface area contributed by atoms with E-state index in [9.17, 15) is 8.42 Å². The van der Waals surface area contributed by atoms with Crippen LogP contribution in [0.1, 0.15) is 5.69 Å². The van der Waals surface area contributed by atoms with Gasteiger partial charge in [0.15, 0.2) is 0 Å². The minimum atomic E-state index is -3.60. The molecule has 1 aliphatic rings. The molecule has 0 atom stereocenters. The Bertz CT molecular complexity index is 1420. The number of anilines is 3. The smallest absolute Gasteiger partial charge is 0.243 e. The second-order valence-corrected chi connectivity index (χ2v) is 10.3. The molecule has 0 saturated carbocycles. The van der Waals surface area contributed by atoms with Crippen molar-refractivity contribution in [3.63, 3.8) is 0 Å². The number of nitrogens with one attached hydrogen (secondary N) is 1. The highest BCUT2D eigenvalue weighted by atomic mass is 32.2. The molecule has 0 unspecified atom stereocenters. The summed E-state index contributed by atoms with van der Waals surface area (Å²) in [6.45, 7) is 3.60. The molecular formula is C25H27N7O3S. The van der Waals surface area contributed by atoms with E-state index in [1.54, 1.807) is 42.3 Å². The van der Waals surface area contributed by atoms with Crippen molar-refractivity contribution in [2.75, 3.05) is 43.5 Å². The highest BCUT2D eigenvalue weighted by Crippen LogP contribution is 2.23. The molecule has 186 valence electrons. The van der Waals surface area contributed by atoms with Gasteiger partial charge in [0, 0.05) is 56.0 Å². The number of hydrogen-bond donors (Lipinski definition) is 1. The van der Waals surface area contributed by atoms with Crippen LogP contribution >= 0.6 is 0 Å². The first-order valence-corrected chi connectivity index (χ1v) is 13.0. The zero-order valence-electron chi connectivity index (χ0n) is 20.1. The molecule has 0 spiro atoms. The summed E-state index contributed by atoms with van der Waals surface area (Å²) >= 11 is 0. The second kappa shape index (κ2) is 9.96. The maximum atomic E-state index is 13.2. The van der Waals surface area contributed by atoms with E-state index < -0.39 is 10.0 Å². The number of ether oxygens (including phenoxy) is 1. The molecule has 10 nitrogen and oxygen atoms in total. The van der Waals surface area contributed by atoms with Crippen LogP contribution in [0.4, 0.5) is 17.5 Å². The molecule has 1 N–H and O–H groups in total. The summed E-state index contributed by atoms with van der Waals surface area (Å²) in [5.41, 5.74) is 2.51. The van der Waals surface area contributed by atoms with Gasteiger partial charge >= 0.3 is 0 Å². The fourth-order valence-electron chi connectivity index (χ4n) is 4.05. The van der Waals surface area contributed by atoms with Crippen LogP contribution in [0.15, 0.2) is 78.0 Å². The van der Waals surface area contributed by atoms with Gasteiger partial charge in [-0.05, 0) is 61.5 Å².